The van der Waals surface area contributed by atoms with Gasteiger partial charge in [-0.05, 0) is 29.8 Å². The summed E-state index contributed by atoms with van der Waals surface area (Å²) in [5.41, 5.74) is 7.58. The minimum absolute atomic E-state index is 0.724. The molecule has 0 radical (unpaired) electrons. The van der Waals surface area contributed by atoms with Crippen molar-refractivity contribution in [2.75, 3.05) is 7.11 Å². The van der Waals surface area contributed by atoms with Gasteiger partial charge in [-0.2, -0.15) is 5.10 Å². The lowest BCUT2D eigenvalue weighted by atomic mass is 10.2. The number of methoxy groups -OCH3 is 1. The van der Waals surface area contributed by atoms with Gasteiger partial charge in [-0.3, -0.25) is 5.32 Å². The molecule has 0 aliphatic heterocycles. The van der Waals surface area contributed by atoms with E-state index in [0.717, 1.165) is 11.3 Å². The highest BCUT2D eigenvalue weighted by molar-refractivity contribution is 5.93. The van der Waals surface area contributed by atoms with Gasteiger partial charge in [0.05, 0.1) is 13.3 Å². The van der Waals surface area contributed by atoms with Crippen molar-refractivity contribution in [1.29, 1.82) is 0 Å². The summed E-state index contributed by atoms with van der Waals surface area (Å²) in [6, 6.07) is 5.30. The Balaban J connectivity index is 2.47. The highest BCUT2D eigenvalue weighted by Crippen LogP contribution is 2.09. The maximum Gasteiger partial charge on any atom is 0.343 e. The number of rotatable bonds is 3. The first-order chi connectivity index (χ1) is 8.11. The van der Waals surface area contributed by atoms with E-state index in [2.05, 4.69) is 10.5 Å². The van der Waals surface area contributed by atoms with Crippen LogP contribution in [0.5, 0.6) is 5.75 Å². The van der Waals surface area contributed by atoms with Crippen molar-refractivity contribution in [3.63, 3.8) is 0 Å². The van der Waals surface area contributed by atoms with Crippen molar-refractivity contribution >= 4 is 18.3 Å². The number of benzene rings is 1. The zero-order chi connectivity index (χ0) is 12.7. The number of nitrogens with one attached hydrogen (secondary N) is 2. The van der Waals surface area contributed by atoms with Crippen LogP contribution in [0.15, 0.2) is 29.4 Å². The van der Waals surface area contributed by atoms with Crippen molar-refractivity contribution in [3.05, 3.63) is 29.8 Å². The zero-order valence-electron chi connectivity index (χ0n) is 9.14. The van der Waals surface area contributed by atoms with Crippen LogP contribution in [0.4, 0.5) is 9.59 Å². The molecule has 1 aromatic rings. The van der Waals surface area contributed by atoms with Crippen molar-refractivity contribution < 1.29 is 14.3 Å². The molecule has 4 amide bonds. The highest BCUT2D eigenvalue weighted by Gasteiger charge is 1.99. The lowest BCUT2D eigenvalue weighted by Gasteiger charge is -1.99. The molecule has 0 bridgehead atoms. The molecule has 0 saturated carbocycles. The number of carbonyl (C=O) groups is 2. The van der Waals surface area contributed by atoms with Gasteiger partial charge in [-0.15, -0.1) is 0 Å². The van der Waals surface area contributed by atoms with Gasteiger partial charge in [-0.25, -0.2) is 15.0 Å². The number of amides is 4. The average molecular weight is 236 g/mol. The fourth-order valence-corrected chi connectivity index (χ4v) is 0.995. The molecule has 0 fully saturated rings. The topological polar surface area (TPSA) is 106 Å². The second-order valence-electron chi connectivity index (χ2n) is 2.96. The molecule has 0 aromatic heterocycles. The summed E-state index contributed by atoms with van der Waals surface area (Å²) >= 11 is 0. The molecule has 4 N–H and O–H groups in total. The Hall–Kier alpha value is -2.57. The van der Waals surface area contributed by atoms with E-state index in [1.54, 1.807) is 36.7 Å². The predicted octanol–water partition coefficient (Wildman–Crippen LogP) is 0.407. The fraction of sp³-hybridized carbons (Fsp3) is 0.100. The molecule has 1 aromatic carbocycles. The number of imide groups is 1. The maximum atomic E-state index is 10.9. The first-order valence-corrected chi connectivity index (χ1v) is 4.65. The zero-order valence-corrected chi connectivity index (χ0v) is 9.14. The number of urea groups is 2. The second kappa shape index (κ2) is 6.11. The van der Waals surface area contributed by atoms with Crippen molar-refractivity contribution in [3.8, 4) is 5.75 Å². The van der Waals surface area contributed by atoms with Gasteiger partial charge in [-0.1, -0.05) is 0 Å². The Labute approximate surface area is 97.6 Å². The van der Waals surface area contributed by atoms with Crippen molar-refractivity contribution in [2.24, 2.45) is 10.8 Å². The molecule has 0 saturated heterocycles. The van der Waals surface area contributed by atoms with Crippen LogP contribution in [0, 0.1) is 0 Å². The molecule has 0 unspecified atom stereocenters. The Morgan fingerprint density at radius 2 is 2.00 bits per heavy atom. The van der Waals surface area contributed by atoms with E-state index >= 15 is 0 Å². The Morgan fingerprint density at radius 1 is 1.35 bits per heavy atom. The van der Waals surface area contributed by atoms with Crippen LogP contribution in [0.2, 0.25) is 0 Å². The van der Waals surface area contributed by atoms with Gasteiger partial charge in [0.1, 0.15) is 5.75 Å². The molecule has 0 atom stereocenters. The van der Waals surface area contributed by atoms with E-state index < -0.39 is 12.1 Å². The monoisotopic (exact) mass is 236 g/mol. The molecular formula is C10H12N4O3. The summed E-state index contributed by atoms with van der Waals surface area (Å²) in [6.07, 6.45) is 1.42. The van der Waals surface area contributed by atoms with E-state index in [1.165, 1.54) is 6.21 Å². The van der Waals surface area contributed by atoms with Gasteiger partial charge >= 0.3 is 12.1 Å². The number of hydrogen-bond acceptors (Lipinski definition) is 4. The number of carbonyl (C=O) groups excluding carboxylic acids is 2. The first kappa shape index (κ1) is 12.5. The summed E-state index contributed by atoms with van der Waals surface area (Å²) in [7, 11) is 1.57. The molecule has 90 valence electrons. The number of ether oxygens (including phenoxy) is 1. The van der Waals surface area contributed by atoms with Crippen LogP contribution in [0.25, 0.3) is 0 Å². The Bertz CT molecular complexity index is 428. The molecular weight excluding hydrogens is 224 g/mol. The van der Waals surface area contributed by atoms with E-state index in [9.17, 15) is 9.59 Å². The lowest BCUT2D eigenvalue weighted by molar-refractivity contribution is 0.232. The third kappa shape index (κ3) is 4.65. The van der Waals surface area contributed by atoms with Gasteiger partial charge in [0.25, 0.3) is 0 Å². The lowest BCUT2D eigenvalue weighted by Crippen LogP contribution is -2.40. The number of hydrazone groups is 1. The molecule has 7 nitrogen and oxygen atoms in total. The van der Waals surface area contributed by atoms with Crippen molar-refractivity contribution in [2.45, 2.75) is 0 Å². The van der Waals surface area contributed by atoms with Crippen LogP contribution in [-0.4, -0.2) is 25.4 Å². The third-order valence-corrected chi connectivity index (χ3v) is 1.73. The van der Waals surface area contributed by atoms with Gasteiger partial charge in [0.15, 0.2) is 0 Å². The van der Waals surface area contributed by atoms with Crippen LogP contribution in [0.1, 0.15) is 5.56 Å². The number of primary amides is 1. The Kier molecular flexibility index (Phi) is 4.49. The van der Waals surface area contributed by atoms with E-state index in [0.29, 0.717) is 0 Å². The first-order valence-electron chi connectivity index (χ1n) is 4.65. The molecule has 0 aliphatic rings. The molecule has 0 spiro atoms. The van der Waals surface area contributed by atoms with Crippen LogP contribution in [-0.2, 0) is 0 Å². The van der Waals surface area contributed by atoms with Gasteiger partial charge < -0.3 is 10.5 Å². The van der Waals surface area contributed by atoms with Crippen LogP contribution in [0.3, 0.4) is 0 Å². The SMILES string of the molecule is COc1ccc(/C=N/NC(=O)NC(N)=O)cc1. The molecule has 1 rings (SSSR count). The van der Waals surface area contributed by atoms with Crippen molar-refractivity contribution in [1.82, 2.24) is 10.7 Å². The maximum absolute atomic E-state index is 10.9. The average Bonchev–Trinajstić information content (AvgIpc) is 2.29. The van der Waals surface area contributed by atoms with E-state index in [-0.39, 0.29) is 0 Å². The summed E-state index contributed by atoms with van der Waals surface area (Å²) in [6.45, 7) is 0. The summed E-state index contributed by atoms with van der Waals surface area (Å²) in [5, 5.41) is 5.42. The number of nitrogens with zero attached hydrogens (tertiary/aromatic N) is 1. The van der Waals surface area contributed by atoms with Crippen LogP contribution >= 0.6 is 0 Å². The highest BCUT2D eigenvalue weighted by atomic mass is 16.5. The molecule has 0 aliphatic carbocycles. The Morgan fingerprint density at radius 3 is 2.53 bits per heavy atom. The molecule has 0 heterocycles. The smallest absolute Gasteiger partial charge is 0.343 e. The number of nitrogens with two attached hydrogens (primary N) is 1. The summed E-state index contributed by atoms with van der Waals surface area (Å²) in [5.74, 6) is 0.724. The predicted molar refractivity (Wildman–Crippen MR) is 61.8 cm³/mol. The van der Waals surface area contributed by atoms with Gasteiger partial charge in [0, 0.05) is 0 Å². The number of hydrogen-bond donors (Lipinski definition) is 3. The largest absolute Gasteiger partial charge is 0.497 e. The van der Waals surface area contributed by atoms with Gasteiger partial charge in [0.2, 0.25) is 0 Å². The third-order valence-electron chi connectivity index (χ3n) is 1.73. The van der Waals surface area contributed by atoms with Crippen LogP contribution < -0.4 is 21.2 Å². The molecule has 7 heteroatoms. The second-order valence-corrected chi connectivity index (χ2v) is 2.96. The normalized spacial score (nSPS) is 9.94. The minimum Gasteiger partial charge on any atom is -0.497 e. The fourth-order valence-electron chi connectivity index (χ4n) is 0.995. The minimum atomic E-state index is -0.942. The molecule has 17 heavy (non-hydrogen) atoms. The summed E-state index contributed by atoms with van der Waals surface area (Å²) < 4.78 is 4.98. The summed E-state index contributed by atoms with van der Waals surface area (Å²) in [4.78, 5) is 21.2. The standard InChI is InChI=1S/C10H12N4O3/c1-17-8-4-2-7(3-5-8)6-12-14-10(16)13-9(11)15/h2-6H,1H3,(H4,11,13,14,15,16)/b12-6+. The van der Waals surface area contributed by atoms with E-state index in [1.807, 2.05) is 0 Å². The van der Waals surface area contributed by atoms with E-state index in [4.69, 9.17) is 10.5 Å². The quantitative estimate of drug-likeness (QED) is 0.522.